The first-order valence-corrected chi connectivity index (χ1v) is 8.23. The quantitative estimate of drug-likeness (QED) is 0.856. The lowest BCUT2D eigenvalue weighted by molar-refractivity contribution is 0.0606. The Morgan fingerprint density at radius 3 is 3.09 bits per heavy atom. The molecule has 0 unspecified atom stereocenters. The van der Waals surface area contributed by atoms with Gasteiger partial charge < -0.3 is 14.0 Å². The molecule has 0 fully saturated rings. The lowest BCUT2D eigenvalue weighted by atomic mass is 9.95. The number of carbonyl (C=O) groups is 1. The van der Waals surface area contributed by atoms with E-state index >= 15 is 0 Å². The number of fused-ring (bicyclic) bond motifs is 2. The van der Waals surface area contributed by atoms with Crippen molar-refractivity contribution in [2.75, 3.05) is 6.54 Å². The van der Waals surface area contributed by atoms with Crippen LogP contribution in [-0.2, 0) is 19.4 Å². The third-order valence-corrected chi connectivity index (χ3v) is 4.96. The van der Waals surface area contributed by atoms with Crippen LogP contribution in [-0.4, -0.2) is 27.1 Å². The molecular formula is C17H21N3O2. The number of hydrogen-bond acceptors (Lipinski definition) is 3. The highest BCUT2D eigenvalue weighted by Gasteiger charge is 2.34. The number of amides is 1. The molecule has 5 heteroatoms. The van der Waals surface area contributed by atoms with Crippen LogP contribution < -0.4 is 0 Å². The molecule has 2 aromatic heterocycles. The number of carbonyl (C=O) groups excluding carboxylic acids is 1. The topological polar surface area (TPSA) is 51.3 Å². The van der Waals surface area contributed by atoms with Gasteiger partial charge in [-0.1, -0.05) is 12.1 Å². The van der Waals surface area contributed by atoms with Gasteiger partial charge in [-0.15, -0.1) is 0 Å². The third-order valence-electron chi connectivity index (χ3n) is 4.96. The smallest absolute Gasteiger partial charge is 0.276 e. The molecule has 0 saturated carbocycles. The van der Waals surface area contributed by atoms with Gasteiger partial charge in [0.1, 0.15) is 5.76 Å². The molecule has 2 aliphatic rings. The molecule has 0 radical (unpaired) electrons. The van der Waals surface area contributed by atoms with Gasteiger partial charge in [0, 0.05) is 37.0 Å². The van der Waals surface area contributed by atoms with Crippen molar-refractivity contribution in [3.63, 3.8) is 0 Å². The molecule has 0 N–H and O–H groups in total. The maximum absolute atomic E-state index is 13.0. The van der Waals surface area contributed by atoms with Gasteiger partial charge in [-0.2, -0.15) is 0 Å². The van der Waals surface area contributed by atoms with Crippen LogP contribution in [0, 0.1) is 0 Å². The number of aryl methyl sites for hydroxylation is 1. The summed E-state index contributed by atoms with van der Waals surface area (Å²) in [4.78, 5) is 15.0. The molecule has 1 amide bonds. The zero-order valence-corrected chi connectivity index (χ0v) is 12.9. The van der Waals surface area contributed by atoms with Crippen molar-refractivity contribution >= 4 is 5.91 Å². The Balaban J connectivity index is 1.67. The van der Waals surface area contributed by atoms with Crippen molar-refractivity contribution in [2.45, 2.75) is 51.6 Å². The Kier molecular flexibility index (Phi) is 3.28. The number of aromatic nitrogens is 2. The van der Waals surface area contributed by atoms with Gasteiger partial charge in [-0.05, 0) is 37.8 Å². The van der Waals surface area contributed by atoms with Crippen LogP contribution in [0.5, 0.6) is 0 Å². The second-order valence-electron chi connectivity index (χ2n) is 6.19. The minimum atomic E-state index is 0.0335. The van der Waals surface area contributed by atoms with Crippen LogP contribution in [0.25, 0.3) is 0 Å². The lowest BCUT2D eigenvalue weighted by Gasteiger charge is -2.36. The van der Waals surface area contributed by atoms with Gasteiger partial charge in [0.05, 0.1) is 6.04 Å². The monoisotopic (exact) mass is 299 g/mol. The van der Waals surface area contributed by atoms with Gasteiger partial charge in [0.25, 0.3) is 5.91 Å². The second-order valence-corrected chi connectivity index (χ2v) is 6.19. The fourth-order valence-corrected chi connectivity index (χ4v) is 3.83. The summed E-state index contributed by atoms with van der Waals surface area (Å²) < 4.78 is 7.67. The van der Waals surface area contributed by atoms with E-state index in [1.54, 1.807) is 0 Å². The van der Waals surface area contributed by atoms with Gasteiger partial charge in [-0.25, -0.2) is 0 Å². The molecule has 0 saturated heterocycles. The van der Waals surface area contributed by atoms with E-state index in [2.05, 4.69) is 35.0 Å². The van der Waals surface area contributed by atoms with Crippen LogP contribution >= 0.6 is 0 Å². The summed E-state index contributed by atoms with van der Waals surface area (Å²) in [6.45, 7) is 3.72. The summed E-state index contributed by atoms with van der Waals surface area (Å²) in [5, 5.41) is 4.11. The zero-order chi connectivity index (χ0) is 15.1. The van der Waals surface area contributed by atoms with E-state index in [-0.39, 0.29) is 11.9 Å². The fraction of sp³-hybridized carbons (Fsp3) is 0.529. The number of hydrogen-bond donors (Lipinski definition) is 0. The Labute approximate surface area is 129 Å². The summed E-state index contributed by atoms with van der Waals surface area (Å²) in [7, 11) is 0. The van der Waals surface area contributed by atoms with E-state index in [0.717, 1.165) is 56.5 Å². The molecule has 1 aliphatic heterocycles. The van der Waals surface area contributed by atoms with Crippen molar-refractivity contribution in [3.8, 4) is 0 Å². The van der Waals surface area contributed by atoms with Crippen LogP contribution in [0.3, 0.4) is 0 Å². The summed E-state index contributed by atoms with van der Waals surface area (Å²) in [6.07, 6.45) is 7.09. The summed E-state index contributed by atoms with van der Waals surface area (Å²) in [5.41, 5.74) is 2.82. The Bertz CT molecular complexity index is 701. The Morgan fingerprint density at radius 2 is 2.23 bits per heavy atom. The van der Waals surface area contributed by atoms with Crippen molar-refractivity contribution in [2.24, 2.45) is 0 Å². The minimum absolute atomic E-state index is 0.0335. The molecule has 0 bridgehead atoms. The van der Waals surface area contributed by atoms with Crippen molar-refractivity contribution in [1.82, 2.24) is 14.6 Å². The maximum Gasteiger partial charge on any atom is 0.276 e. The van der Waals surface area contributed by atoms with E-state index in [1.165, 1.54) is 5.69 Å². The lowest BCUT2D eigenvalue weighted by Crippen LogP contribution is -2.42. The van der Waals surface area contributed by atoms with Crippen LogP contribution in [0.4, 0.5) is 0 Å². The number of rotatable bonds is 2. The number of nitrogens with zero attached hydrogens (tertiary/aromatic N) is 3. The summed E-state index contributed by atoms with van der Waals surface area (Å²) in [6, 6.07) is 4.31. The second kappa shape index (κ2) is 5.30. The molecule has 4 rings (SSSR count). The normalized spacial score (nSPS) is 20.6. The van der Waals surface area contributed by atoms with Crippen molar-refractivity contribution in [3.05, 3.63) is 41.0 Å². The fourth-order valence-electron chi connectivity index (χ4n) is 3.83. The van der Waals surface area contributed by atoms with E-state index in [4.69, 9.17) is 4.52 Å². The molecule has 5 nitrogen and oxygen atoms in total. The predicted octanol–water partition coefficient (Wildman–Crippen LogP) is 2.96. The molecular weight excluding hydrogens is 278 g/mol. The molecule has 0 spiro atoms. The maximum atomic E-state index is 13.0. The Morgan fingerprint density at radius 1 is 1.36 bits per heavy atom. The molecule has 116 valence electrons. The highest BCUT2D eigenvalue weighted by Crippen LogP contribution is 2.32. The summed E-state index contributed by atoms with van der Waals surface area (Å²) in [5.74, 6) is 0.953. The molecule has 22 heavy (non-hydrogen) atoms. The van der Waals surface area contributed by atoms with Gasteiger partial charge in [-0.3, -0.25) is 4.79 Å². The van der Waals surface area contributed by atoms with E-state index < -0.39 is 0 Å². The summed E-state index contributed by atoms with van der Waals surface area (Å²) >= 11 is 0. The average molecular weight is 299 g/mol. The SMILES string of the molecule is CC[C@@H]1c2cccn2CCN1C(=O)c1noc2c1CCCC2. The highest BCUT2D eigenvalue weighted by molar-refractivity contribution is 5.94. The van der Waals surface area contributed by atoms with Gasteiger partial charge in [0.2, 0.25) is 0 Å². The molecule has 0 aromatic carbocycles. The largest absolute Gasteiger partial charge is 0.360 e. The first-order valence-electron chi connectivity index (χ1n) is 8.23. The zero-order valence-electron chi connectivity index (χ0n) is 12.9. The highest BCUT2D eigenvalue weighted by atomic mass is 16.5. The first-order chi connectivity index (χ1) is 10.8. The van der Waals surface area contributed by atoms with Crippen molar-refractivity contribution in [1.29, 1.82) is 0 Å². The van der Waals surface area contributed by atoms with E-state index in [1.807, 2.05) is 4.90 Å². The first kappa shape index (κ1) is 13.6. The van der Waals surface area contributed by atoms with Crippen LogP contribution in [0.1, 0.15) is 59.7 Å². The Hall–Kier alpha value is -2.04. The van der Waals surface area contributed by atoms with Crippen molar-refractivity contribution < 1.29 is 9.32 Å². The van der Waals surface area contributed by atoms with Gasteiger partial charge >= 0.3 is 0 Å². The minimum Gasteiger partial charge on any atom is -0.360 e. The van der Waals surface area contributed by atoms with Gasteiger partial charge in [0.15, 0.2) is 5.69 Å². The predicted molar refractivity (Wildman–Crippen MR) is 81.6 cm³/mol. The standard InChI is InChI=1S/C17H21N3O2/c1-2-13-14-7-5-9-19(14)10-11-20(13)17(21)16-12-6-3-4-8-15(12)22-18-16/h5,7,9,13H,2-4,6,8,10-11H2,1H3/t13-/m1/s1. The molecule has 3 heterocycles. The third kappa shape index (κ3) is 1.99. The molecule has 2 aromatic rings. The van der Waals surface area contributed by atoms with Crippen LogP contribution in [0.2, 0.25) is 0 Å². The van der Waals surface area contributed by atoms with E-state index in [0.29, 0.717) is 5.69 Å². The average Bonchev–Trinajstić information content (AvgIpc) is 3.19. The molecule has 1 atom stereocenters. The van der Waals surface area contributed by atoms with Crippen LogP contribution in [0.15, 0.2) is 22.9 Å². The van der Waals surface area contributed by atoms with E-state index in [9.17, 15) is 4.79 Å². The molecule has 1 aliphatic carbocycles.